The predicted molar refractivity (Wildman–Crippen MR) is 121 cm³/mol. The van der Waals surface area contributed by atoms with E-state index in [4.69, 9.17) is 9.47 Å². The summed E-state index contributed by atoms with van der Waals surface area (Å²) < 4.78 is 12.3. The summed E-state index contributed by atoms with van der Waals surface area (Å²) in [4.78, 5) is 29.4. The highest BCUT2D eigenvalue weighted by Gasteiger charge is 2.22. The molecule has 3 aromatic rings. The van der Waals surface area contributed by atoms with Crippen molar-refractivity contribution in [2.45, 2.75) is 33.6 Å². The van der Waals surface area contributed by atoms with Crippen molar-refractivity contribution in [3.8, 4) is 22.8 Å². The van der Waals surface area contributed by atoms with Crippen molar-refractivity contribution in [1.29, 1.82) is 0 Å². The highest BCUT2D eigenvalue weighted by Crippen LogP contribution is 2.31. The molecule has 31 heavy (non-hydrogen) atoms. The molecule has 1 N–H and O–H groups in total. The lowest BCUT2D eigenvalue weighted by molar-refractivity contribution is 0.0526. The molecular weight excluding hydrogens is 414 g/mol. The summed E-state index contributed by atoms with van der Waals surface area (Å²) in [7, 11) is 1.62. The Labute approximate surface area is 186 Å². The Morgan fingerprint density at radius 2 is 1.94 bits per heavy atom. The number of esters is 1. The van der Waals surface area contributed by atoms with Crippen molar-refractivity contribution in [2.75, 3.05) is 20.3 Å². The molecule has 0 aliphatic rings. The number of unbranched alkanes of at least 4 members (excludes halogenated alkanes) is 1. The summed E-state index contributed by atoms with van der Waals surface area (Å²) in [5, 5.41) is 5.07. The van der Waals surface area contributed by atoms with Gasteiger partial charge in [0.1, 0.15) is 5.75 Å². The van der Waals surface area contributed by atoms with Crippen LogP contribution in [0.15, 0.2) is 35.7 Å². The molecule has 0 aliphatic heterocycles. The Morgan fingerprint density at radius 3 is 2.58 bits per heavy atom. The van der Waals surface area contributed by atoms with Crippen molar-refractivity contribution < 1.29 is 19.1 Å². The van der Waals surface area contributed by atoms with Crippen LogP contribution < -0.4 is 10.1 Å². The van der Waals surface area contributed by atoms with Crippen LogP contribution in [0, 0.1) is 6.92 Å². The standard InChI is InChI=1S/C23H27N3O4S/c1-5-7-12-24-21(27)18-13-20(19-14-31-22(25-19)23(28)30-6-2)26(15(18)3)16-8-10-17(29-4)11-9-16/h8-11,13-14H,5-7,12H2,1-4H3,(H,24,27). The van der Waals surface area contributed by atoms with Gasteiger partial charge in [0.15, 0.2) is 0 Å². The lowest BCUT2D eigenvalue weighted by Gasteiger charge is -2.12. The predicted octanol–water partition coefficient (Wildman–Crippen LogP) is 4.62. The summed E-state index contributed by atoms with van der Waals surface area (Å²) in [5.74, 6) is 0.168. The van der Waals surface area contributed by atoms with Gasteiger partial charge in [-0.15, -0.1) is 11.3 Å². The number of benzene rings is 1. The van der Waals surface area contributed by atoms with Crippen LogP contribution in [0.1, 0.15) is 52.5 Å². The number of hydrogen-bond acceptors (Lipinski definition) is 6. The summed E-state index contributed by atoms with van der Waals surface area (Å²) in [6, 6.07) is 9.40. The van der Waals surface area contributed by atoms with Crippen LogP contribution in [0.3, 0.4) is 0 Å². The third-order valence-electron chi connectivity index (χ3n) is 4.85. The minimum absolute atomic E-state index is 0.125. The maximum absolute atomic E-state index is 12.8. The van der Waals surface area contributed by atoms with Crippen LogP contribution in [0.5, 0.6) is 5.75 Å². The van der Waals surface area contributed by atoms with E-state index in [1.165, 1.54) is 11.3 Å². The van der Waals surface area contributed by atoms with Gasteiger partial charge < -0.3 is 19.4 Å². The van der Waals surface area contributed by atoms with E-state index in [9.17, 15) is 9.59 Å². The fraction of sp³-hybridized carbons (Fsp3) is 0.348. The number of amides is 1. The maximum Gasteiger partial charge on any atom is 0.367 e. The largest absolute Gasteiger partial charge is 0.497 e. The highest BCUT2D eigenvalue weighted by molar-refractivity contribution is 7.11. The van der Waals surface area contributed by atoms with Gasteiger partial charge in [-0.2, -0.15) is 0 Å². The van der Waals surface area contributed by atoms with Crippen LogP contribution in [0.4, 0.5) is 0 Å². The lowest BCUT2D eigenvalue weighted by Crippen LogP contribution is -2.24. The molecule has 1 amide bonds. The zero-order valence-electron chi connectivity index (χ0n) is 18.2. The highest BCUT2D eigenvalue weighted by atomic mass is 32.1. The first-order chi connectivity index (χ1) is 15.0. The fourth-order valence-corrected chi connectivity index (χ4v) is 3.94. The molecule has 0 saturated heterocycles. The van der Waals surface area contributed by atoms with Gasteiger partial charge in [0.2, 0.25) is 5.01 Å². The molecule has 0 atom stereocenters. The maximum atomic E-state index is 12.8. The Balaban J connectivity index is 2.06. The topological polar surface area (TPSA) is 82.5 Å². The van der Waals surface area contributed by atoms with E-state index < -0.39 is 5.97 Å². The van der Waals surface area contributed by atoms with E-state index >= 15 is 0 Å². The molecule has 2 aromatic heterocycles. The number of thiazole rings is 1. The average Bonchev–Trinajstić information content (AvgIpc) is 3.39. The normalized spacial score (nSPS) is 10.7. The number of rotatable bonds is 9. The van der Waals surface area contributed by atoms with Crippen LogP contribution in [-0.2, 0) is 4.74 Å². The number of hydrogen-bond donors (Lipinski definition) is 1. The zero-order valence-corrected chi connectivity index (χ0v) is 19.0. The molecule has 0 fully saturated rings. The van der Waals surface area contributed by atoms with Gasteiger partial charge in [0.05, 0.1) is 30.7 Å². The van der Waals surface area contributed by atoms with E-state index in [1.807, 2.05) is 41.8 Å². The van der Waals surface area contributed by atoms with Crippen LogP contribution in [0.2, 0.25) is 0 Å². The van der Waals surface area contributed by atoms with E-state index in [-0.39, 0.29) is 17.5 Å². The molecule has 0 aliphatic carbocycles. The van der Waals surface area contributed by atoms with Crippen LogP contribution >= 0.6 is 11.3 Å². The first kappa shape index (κ1) is 22.6. The van der Waals surface area contributed by atoms with Gasteiger partial charge in [-0.1, -0.05) is 13.3 Å². The van der Waals surface area contributed by atoms with Gasteiger partial charge >= 0.3 is 5.97 Å². The van der Waals surface area contributed by atoms with Crippen molar-refractivity contribution in [3.05, 3.63) is 52.0 Å². The molecule has 2 heterocycles. The molecular formula is C23H27N3O4S. The number of nitrogens with one attached hydrogen (secondary N) is 1. The molecule has 0 saturated carbocycles. The molecule has 164 valence electrons. The molecule has 0 spiro atoms. The van der Waals surface area contributed by atoms with Crippen LogP contribution in [-0.4, -0.2) is 41.7 Å². The quantitative estimate of drug-likeness (QED) is 0.387. The Morgan fingerprint density at radius 1 is 1.19 bits per heavy atom. The second-order valence-corrected chi connectivity index (χ2v) is 7.79. The summed E-state index contributed by atoms with van der Waals surface area (Å²) in [5.41, 5.74) is 3.58. The Hall–Kier alpha value is -3.13. The second-order valence-electron chi connectivity index (χ2n) is 6.93. The number of ether oxygens (including phenoxy) is 2. The summed E-state index contributed by atoms with van der Waals surface area (Å²) in [6.07, 6.45) is 1.93. The van der Waals surface area contributed by atoms with Crippen molar-refractivity contribution >= 4 is 23.2 Å². The van der Waals surface area contributed by atoms with Gasteiger partial charge in [-0.25, -0.2) is 9.78 Å². The Bertz CT molecular complexity index is 1050. The number of nitrogens with zero attached hydrogens (tertiary/aromatic N) is 2. The zero-order chi connectivity index (χ0) is 22.4. The third-order valence-corrected chi connectivity index (χ3v) is 5.68. The van der Waals surface area contributed by atoms with Crippen molar-refractivity contribution in [1.82, 2.24) is 14.9 Å². The monoisotopic (exact) mass is 441 g/mol. The van der Waals surface area contributed by atoms with E-state index in [1.54, 1.807) is 19.4 Å². The molecule has 1 aromatic carbocycles. The number of carbonyl (C=O) groups is 2. The molecule has 0 radical (unpaired) electrons. The third kappa shape index (κ3) is 4.96. The first-order valence-electron chi connectivity index (χ1n) is 10.3. The SMILES string of the molecule is CCCCNC(=O)c1cc(-c2csc(C(=O)OCC)n2)n(-c2ccc(OC)cc2)c1C. The molecule has 3 rings (SSSR count). The molecule has 0 bridgehead atoms. The van der Waals surface area contributed by atoms with Crippen LogP contribution in [0.25, 0.3) is 17.1 Å². The molecule has 0 unspecified atom stereocenters. The van der Waals surface area contributed by atoms with Gasteiger partial charge in [0, 0.05) is 23.3 Å². The minimum Gasteiger partial charge on any atom is -0.497 e. The number of methoxy groups -OCH3 is 1. The van der Waals surface area contributed by atoms with Gasteiger partial charge in [0.25, 0.3) is 5.91 Å². The van der Waals surface area contributed by atoms with Gasteiger partial charge in [-0.3, -0.25) is 4.79 Å². The van der Waals surface area contributed by atoms with Crippen molar-refractivity contribution in [3.63, 3.8) is 0 Å². The summed E-state index contributed by atoms with van der Waals surface area (Å²) in [6.45, 7) is 6.66. The van der Waals surface area contributed by atoms with Gasteiger partial charge in [-0.05, 0) is 50.6 Å². The second kappa shape index (κ2) is 10.3. The Kier molecular flexibility index (Phi) is 7.46. The minimum atomic E-state index is -0.449. The molecule has 8 heteroatoms. The average molecular weight is 442 g/mol. The smallest absolute Gasteiger partial charge is 0.367 e. The van der Waals surface area contributed by atoms with E-state index in [0.717, 1.165) is 35.7 Å². The van der Waals surface area contributed by atoms with E-state index in [0.29, 0.717) is 17.8 Å². The number of carbonyl (C=O) groups excluding carboxylic acids is 2. The lowest BCUT2D eigenvalue weighted by atomic mass is 10.2. The number of aromatic nitrogens is 2. The van der Waals surface area contributed by atoms with E-state index in [2.05, 4.69) is 17.2 Å². The van der Waals surface area contributed by atoms with Crippen molar-refractivity contribution in [2.24, 2.45) is 0 Å². The fourth-order valence-electron chi connectivity index (χ4n) is 3.24. The summed E-state index contributed by atoms with van der Waals surface area (Å²) >= 11 is 1.22. The molecule has 7 nitrogen and oxygen atoms in total. The first-order valence-corrected chi connectivity index (χ1v) is 11.2.